The van der Waals surface area contributed by atoms with E-state index < -0.39 is 0 Å². The second kappa shape index (κ2) is 3.97. The molecule has 1 nitrogen and oxygen atoms in total. The van der Waals surface area contributed by atoms with Gasteiger partial charge in [-0.3, -0.25) is 0 Å². The highest BCUT2D eigenvalue weighted by atomic mass is 35.5. The van der Waals surface area contributed by atoms with Crippen LogP contribution in [0, 0.1) is 5.92 Å². The molecular weight excluding hydrogens is 229 g/mol. The Morgan fingerprint density at radius 3 is 2.60 bits per heavy atom. The van der Waals surface area contributed by atoms with E-state index in [1.54, 1.807) is 0 Å². The third kappa shape index (κ3) is 1.89. The van der Waals surface area contributed by atoms with Crippen molar-refractivity contribution >= 4 is 23.2 Å². The lowest BCUT2D eigenvalue weighted by atomic mass is 9.75. The summed E-state index contributed by atoms with van der Waals surface area (Å²) < 4.78 is 0. The minimum Gasteiger partial charge on any atom is -0.316 e. The van der Waals surface area contributed by atoms with Crippen molar-refractivity contribution < 1.29 is 0 Å². The Hall–Kier alpha value is -0.240. The zero-order valence-electron chi connectivity index (χ0n) is 8.98. The average molecular weight is 244 g/mol. The molecule has 1 N–H and O–H groups in total. The van der Waals surface area contributed by atoms with Gasteiger partial charge in [-0.05, 0) is 30.2 Å². The summed E-state index contributed by atoms with van der Waals surface area (Å²) in [7, 11) is 0. The fraction of sp³-hybridized carbons (Fsp3) is 0.500. The van der Waals surface area contributed by atoms with Crippen molar-refractivity contribution in [2.45, 2.75) is 19.3 Å². The lowest BCUT2D eigenvalue weighted by Crippen LogP contribution is -2.29. The van der Waals surface area contributed by atoms with E-state index in [2.05, 4.69) is 25.2 Å². The molecule has 1 aromatic rings. The fourth-order valence-corrected chi connectivity index (χ4v) is 2.48. The van der Waals surface area contributed by atoms with E-state index >= 15 is 0 Å². The minimum atomic E-state index is 0.175. The number of halogens is 2. The van der Waals surface area contributed by atoms with Crippen LogP contribution in [0.15, 0.2) is 18.2 Å². The van der Waals surface area contributed by atoms with Crippen molar-refractivity contribution in [3.8, 4) is 0 Å². The van der Waals surface area contributed by atoms with Gasteiger partial charge in [0.25, 0.3) is 0 Å². The number of nitrogens with one attached hydrogen (secondary N) is 1. The van der Waals surface area contributed by atoms with E-state index in [0.717, 1.165) is 13.1 Å². The lowest BCUT2D eigenvalue weighted by Gasteiger charge is -2.29. The first-order valence-corrected chi connectivity index (χ1v) is 5.96. The number of hydrogen-bond donors (Lipinski definition) is 1. The van der Waals surface area contributed by atoms with E-state index in [-0.39, 0.29) is 5.41 Å². The Kier molecular flexibility index (Phi) is 2.98. The molecule has 2 rings (SSSR count). The van der Waals surface area contributed by atoms with E-state index in [9.17, 15) is 0 Å². The lowest BCUT2D eigenvalue weighted by molar-refractivity contribution is 0.404. The molecule has 1 aliphatic rings. The summed E-state index contributed by atoms with van der Waals surface area (Å²) in [6.07, 6.45) is 0. The van der Waals surface area contributed by atoms with Crippen molar-refractivity contribution in [3.05, 3.63) is 33.8 Å². The Morgan fingerprint density at radius 1 is 1.33 bits per heavy atom. The molecule has 1 unspecified atom stereocenters. The van der Waals surface area contributed by atoms with Crippen molar-refractivity contribution in [2.24, 2.45) is 5.92 Å². The van der Waals surface area contributed by atoms with Gasteiger partial charge in [0, 0.05) is 12.0 Å². The molecular formula is C12H15Cl2N. The van der Waals surface area contributed by atoms with Crippen LogP contribution in [0.5, 0.6) is 0 Å². The second-order valence-corrected chi connectivity index (χ2v) is 5.39. The summed E-state index contributed by atoms with van der Waals surface area (Å²) in [5, 5.41) is 4.69. The summed E-state index contributed by atoms with van der Waals surface area (Å²) in [5.74, 6) is 0.620. The van der Waals surface area contributed by atoms with E-state index in [1.165, 1.54) is 5.56 Å². The van der Waals surface area contributed by atoms with E-state index in [1.807, 2.05) is 12.1 Å². The molecule has 0 saturated carbocycles. The highest BCUT2D eigenvalue weighted by Gasteiger charge is 2.37. The highest BCUT2D eigenvalue weighted by Crippen LogP contribution is 2.37. The molecule has 1 aliphatic heterocycles. The van der Waals surface area contributed by atoms with Crippen LogP contribution in [0.4, 0.5) is 0 Å². The molecule has 0 bridgehead atoms. The van der Waals surface area contributed by atoms with Crippen molar-refractivity contribution in [3.63, 3.8) is 0 Å². The molecule has 15 heavy (non-hydrogen) atoms. The Bertz CT molecular complexity index is 378. The van der Waals surface area contributed by atoms with E-state index in [4.69, 9.17) is 23.2 Å². The SMILES string of the molecule is CC1CNC[C@@]1(C)c1ccc(Cl)c(Cl)c1. The molecule has 0 radical (unpaired) electrons. The van der Waals surface area contributed by atoms with Crippen molar-refractivity contribution in [1.82, 2.24) is 5.32 Å². The predicted molar refractivity (Wildman–Crippen MR) is 65.8 cm³/mol. The maximum atomic E-state index is 6.05. The molecule has 0 aromatic heterocycles. The standard InChI is InChI=1S/C12H15Cl2N/c1-8-6-15-7-12(8,2)9-3-4-10(13)11(14)5-9/h3-5,8,15H,6-7H2,1-2H3/t8?,12-/m1/s1. The van der Waals surface area contributed by atoms with Crippen LogP contribution in [0.25, 0.3) is 0 Å². The zero-order chi connectivity index (χ0) is 11.1. The first-order valence-electron chi connectivity index (χ1n) is 5.20. The van der Waals surface area contributed by atoms with Gasteiger partial charge in [0.1, 0.15) is 0 Å². The molecule has 0 amide bonds. The Labute approximate surface area is 101 Å². The summed E-state index contributed by atoms with van der Waals surface area (Å²) in [6, 6.07) is 5.96. The third-order valence-electron chi connectivity index (χ3n) is 3.61. The Balaban J connectivity index is 2.40. The molecule has 0 spiro atoms. The summed E-state index contributed by atoms with van der Waals surface area (Å²) in [4.78, 5) is 0. The monoisotopic (exact) mass is 243 g/mol. The minimum absolute atomic E-state index is 0.175. The van der Waals surface area contributed by atoms with Gasteiger partial charge in [-0.1, -0.05) is 43.1 Å². The van der Waals surface area contributed by atoms with Gasteiger partial charge in [0.05, 0.1) is 10.0 Å². The van der Waals surface area contributed by atoms with E-state index in [0.29, 0.717) is 16.0 Å². The quantitative estimate of drug-likeness (QED) is 0.797. The largest absolute Gasteiger partial charge is 0.316 e. The van der Waals surface area contributed by atoms with Crippen molar-refractivity contribution in [1.29, 1.82) is 0 Å². The van der Waals surface area contributed by atoms with Crippen LogP contribution in [0.1, 0.15) is 19.4 Å². The maximum Gasteiger partial charge on any atom is 0.0595 e. The van der Waals surface area contributed by atoms with Gasteiger partial charge in [-0.2, -0.15) is 0 Å². The van der Waals surface area contributed by atoms with Gasteiger partial charge < -0.3 is 5.32 Å². The van der Waals surface area contributed by atoms with Crippen LogP contribution < -0.4 is 5.32 Å². The topological polar surface area (TPSA) is 12.0 Å². The maximum absolute atomic E-state index is 6.05. The smallest absolute Gasteiger partial charge is 0.0595 e. The molecule has 1 saturated heterocycles. The van der Waals surface area contributed by atoms with Gasteiger partial charge >= 0.3 is 0 Å². The van der Waals surface area contributed by atoms with Crippen LogP contribution in [-0.2, 0) is 5.41 Å². The predicted octanol–water partition coefficient (Wildman–Crippen LogP) is 3.49. The summed E-state index contributed by atoms with van der Waals surface area (Å²) >= 11 is 12.0. The highest BCUT2D eigenvalue weighted by molar-refractivity contribution is 6.42. The molecule has 82 valence electrons. The molecule has 0 aliphatic carbocycles. The second-order valence-electron chi connectivity index (χ2n) is 4.58. The van der Waals surface area contributed by atoms with Crippen LogP contribution in [0.3, 0.4) is 0 Å². The average Bonchev–Trinajstić information content (AvgIpc) is 2.53. The summed E-state index contributed by atoms with van der Waals surface area (Å²) in [6.45, 7) is 6.61. The van der Waals surface area contributed by atoms with Gasteiger partial charge in [0.2, 0.25) is 0 Å². The van der Waals surface area contributed by atoms with Crippen LogP contribution in [0.2, 0.25) is 10.0 Å². The first kappa shape index (κ1) is 11.3. The van der Waals surface area contributed by atoms with Crippen LogP contribution in [-0.4, -0.2) is 13.1 Å². The molecule has 1 heterocycles. The number of hydrogen-bond acceptors (Lipinski definition) is 1. The van der Waals surface area contributed by atoms with Gasteiger partial charge in [-0.25, -0.2) is 0 Å². The number of benzene rings is 1. The molecule has 3 heteroatoms. The Morgan fingerprint density at radius 2 is 2.07 bits per heavy atom. The van der Waals surface area contributed by atoms with Gasteiger partial charge in [-0.15, -0.1) is 0 Å². The molecule has 1 fully saturated rings. The first-order chi connectivity index (χ1) is 7.04. The van der Waals surface area contributed by atoms with Gasteiger partial charge in [0.15, 0.2) is 0 Å². The zero-order valence-corrected chi connectivity index (χ0v) is 10.5. The third-order valence-corrected chi connectivity index (χ3v) is 4.35. The fourth-order valence-electron chi connectivity index (χ4n) is 2.19. The normalized spacial score (nSPS) is 30.8. The van der Waals surface area contributed by atoms with Crippen molar-refractivity contribution in [2.75, 3.05) is 13.1 Å². The number of rotatable bonds is 1. The molecule has 1 aromatic carbocycles. The molecule has 2 atom stereocenters. The summed E-state index contributed by atoms with van der Waals surface area (Å²) in [5.41, 5.74) is 1.45. The van der Waals surface area contributed by atoms with Crippen LogP contribution >= 0.6 is 23.2 Å².